The number of hydrogen-bond acceptors (Lipinski definition) is 6. The third kappa shape index (κ3) is 4.09. The summed E-state index contributed by atoms with van der Waals surface area (Å²) in [5.41, 5.74) is 1.22. The maximum atomic E-state index is 12.6. The first-order valence-electron chi connectivity index (χ1n) is 9.17. The van der Waals surface area contributed by atoms with Gasteiger partial charge in [0.2, 0.25) is 0 Å². The number of anilines is 1. The predicted molar refractivity (Wildman–Crippen MR) is 113 cm³/mol. The zero-order valence-corrected chi connectivity index (χ0v) is 16.9. The van der Waals surface area contributed by atoms with Crippen LogP contribution in [0.4, 0.5) is 5.82 Å². The van der Waals surface area contributed by atoms with Crippen LogP contribution in [-0.2, 0) is 6.42 Å². The standard InChI is InChI=1S/C20H22N4OS2/c1-26-20-22-17(24-11-5-6-12-24)15-13-16(27-19(15)23-20)18(25)21-10-9-14-7-3-2-4-8-14/h2-4,7-8,13H,5-6,9-12H2,1H3,(H,21,25). The van der Waals surface area contributed by atoms with E-state index < -0.39 is 0 Å². The van der Waals surface area contributed by atoms with E-state index >= 15 is 0 Å². The number of thiophene rings is 1. The van der Waals surface area contributed by atoms with Gasteiger partial charge in [0.25, 0.3) is 5.91 Å². The topological polar surface area (TPSA) is 58.1 Å². The summed E-state index contributed by atoms with van der Waals surface area (Å²) in [4.78, 5) is 25.9. The number of rotatable bonds is 6. The van der Waals surface area contributed by atoms with E-state index in [-0.39, 0.29) is 5.91 Å². The van der Waals surface area contributed by atoms with Crippen molar-refractivity contribution in [3.63, 3.8) is 0 Å². The molecule has 4 rings (SSSR count). The van der Waals surface area contributed by atoms with Crippen LogP contribution in [0, 0.1) is 0 Å². The highest BCUT2D eigenvalue weighted by atomic mass is 32.2. The van der Waals surface area contributed by atoms with Gasteiger partial charge in [0.05, 0.1) is 10.3 Å². The molecule has 1 aliphatic rings. The van der Waals surface area contributed by atoms with Gasteiger partial charge >= 0.3 is 0 Å². The molecule has 7 heteroatoms. The second-order valence-corrected chi connectivity index (χ2v) is 8.35. The fourth-order valence-corrected chi connectivity index (χ4v) is 4.67. The Morgan fingerprint density at radius 1 is 1.22 bits per heavy atom. The number of carbonyl (C=O) groups is 1. The van der Waals surface area contributed by atoms with Crippen molar-refractivity contribution in [2.45, 2.75) is 24.4 Å². The number of thioether (sulfide) groups is 1. The predicted octanol–water partition coefficient (Wildman–Crippen LogP) is 3.99. The molecule has 1 saturated heterocycles. The zero-order valence-electron chi connectivity index (χ0n) is 15.3. The minimum atomic E-state index is -0.0352. The van der Waals surface area contributed by atoms with Crippen LogP contribution in [-0.4, -0.2) is 41.8 Å². The lowest BCUT2D eigenvalue weighted by molar-refractivity contribution is 0.0958. The largest absolute Gasteiger partial charge is 0.356 e. The summed E-state index contributed by atoms with van der Waals surface area (Å²) in [7, 11) is 0. The molecular formula is C20H22N4OS2. The van der Waals surface area contributed by atoms with Crippen LogP contribution in [0.5, 0.6) is 0 Å². The van der Waals surface area contributed by atoms with Gasteiger partial charge in [-0.25, -0.2) is 9.97 Å². The van der Waals surface area contributed by atoms with Crippen LogP contribution in [0.15, 0.2) is 41.6 Å². The Bertz CT molecular complexity index is 936. The second kappa shape index (κ2) is 8.27. The summed E-state index contributed by atoms with van der Waals surface area (Å²) in [6.45, 7) is 2.67. The first-order chi connectivity index (χ1) is 13.2. The van der Waals surface area contributed by atoms with Crippen LogP contribution in [0.25, 0.3) is 10.2 Å². The highest BCUT2D eigenvalue weighted by molar-refractivity contribution is 7.98. The van der Waals surface area contributed by atoms with Crippen molar-refractivity contribution in [1.29, 1.82) is 0 Å². The van der Waals surface area contributed by atoms with E-state index in [0.717, 1.165) is 40.7 Å². The third-order valence-electron chi connectivity index (χ3n) is 4.71. The molecule has 1 N–H and O–H groups in total. The van der Waals surface area contributed by atoms with E-state index in [1.807, 2.05) is 30.5 Å². The Morgan fingerprint density at radius 2 is 2.00 bits per heavy atom. The fraction of sp³-hybridized carbons (Fsp3) is 0.350. The van der Waals surface area contributed by atoms with Gasteiger partial charge in [-0.05, 0) is 37.1 Å². The average Bonchev–Trinajstić information content (AvgIpc) is 3.37. The van der Waals surface area contributed by atoms with Gasteiger partial charge < -0.3 is 10.2 Å². The second-order valence-electron chi connectivity index (χ2n) is 6.55. The van der Waals surface area contributed by atoms with Crippen molar-refractivity contribution in [3.8, 4) is 0 Å². The molecule has 0 radical (unpaired) electrons. The minimum absolute atomic E-state index is 0.0352. The average molecular weight is 399 g/mol. The summed E-state index contributed by atoms with van der Waals surface area (Å²) in [6.07, 6.45) is 5.20. The lowest BCUT2D eigenvalue weighted by atomic mass is 10.1. The molecule has 0 saturated carbocycles. The monoisotopic (exact) mass is 398 g/mol. The summed E-state index contributed by atoms with van der Waals surface area (Å²) in [6, 6.07) is 12.1. The molecule has 0 bridgehead atoms. The van der Waals surface area contributed by atoms with Gasteiger partial charge in [-0.2, -0.15) is 0 Å². The summed E-state index contributed by atoms with van der Waals surface area (Å²) >= 11 is 2.99. The first-order valence-corrected chi connectivity index (χ1v) is 11.2. The number of nitrogens with one attached hydrogen (secondary N) is 1. The maximum Gasteiger partial charge on any atom is 0.261 e. The van der Waals surface area contributed by atoms with E-state index in [4.69, 9.17) is 4.98 Å². The molecular weight excluding hydrogens is 376 g/mol. The summed E-state index contributed by atoms with van der Waals surface area (Å²) in [5.74, 6) is 0.938. The van der Waals surface area contributed by atoms with E-state index in [2.05, 4.69) is 27.3 Å². The highest BCUT2D eigenvalue weighted by Crippen LogP contribution is 2.34. The summed E-state index contributed by atoms with van der Waals surface area (Å²) < 4.78 is 0. The molecule has 140 valence electrons. The van der Waals surface area contributed by atoms with Crippen LogP contribution < -0.4 is 10.2 Å². The Morgan fingerprint density at radius 3 is 2.74 bits per heavy atom. The molecule has 0 unspecified atom stereocenters. The Labute approximate surface area is 167 Å². The number of fused-ring (bicyclic) bond motifs is 1. The number of hydrogen-bond donors (Lipinski definition) is 1. The first kappa shape index (κ1) is 18.3. The van der Waals surface area contributed by atoms with Crippen molar-refractivity contribution < 1.29 is 4.79 Å². The van der Waals surface area contributed by atoms with Gasteiger partial charge in [0, 0.05) is 19.6 Å². The normalized spacial score (nSPS) is 14.0. The lowest BCUT2D eigenvalue weighted by Gasteiger charge is -2.17. The number of benzene rings is 1. The van der Waals surface area contributed by atoms with E-state index in [1.54, 1.807) is 11.8 Å². The molecule has 2 aromatic heterocycles. The van der Waals surface area contributed by atoms with Gasteiger partial charge in [-0.3, -0.25) is 4.79 Å². The quantitative estimate of drug-likeness (QED) is 0.503. The van der Waals surface area contributed by atoms with Crippen LogP contribution in [0.1, 0.15) is 28.1 Å². The Hall–Kier alpha value is -2.12. The van der Waals surface area contributed by atoms with Crippen molar-refractivity contribution in [2.24, 2.45) is 0 Å². The highest BCUT2D eigenvalue weighted by Gasteiger charge is 2.21. The SMILES string of the molecule is CSc1nc(N2CCCC2)c2cc(C(=O)NCCc3ccccc3)sc2n1. The third-order valence-corrected chi connectivity index (χ3v) is 6.28. The maximum absolute atomic E-state index is 12.6. The molecule has 1 fully saturated rings. The molecule has 27 heavy (non-hydrogen) atoms. The lowest BCUT2D eigenvalue weighted by Crippen LogP contribution is -2.24. The Kier molecular flexibility index (Phi) is 5.59. The molecule has 0 atom stereocenters. The molecule has 0 spiro atoms. The number of nitrogens with zero attached hydrogens (tertiary/aromatic N) is 3. The van der Waals surface area contributed by atoms with Crippen molar-refractivity contribution in [1.82, 2.24) is 15.3 Å². The van der Waals surface area contributed by atoms with Crippen LogP contribution >= 0.6 is 23.1 Å². The molecule has 0 aliphatic carbocycles. The minimum Gasteiger partial charge on any atom is -0.356 e. The van der Waals surface area contributed by atoms with E-state index in [9.17, 15) is 4.79 Å². The zero-order chi connectivity index (χ0) is 18.6. The van der Waals surface area contributed by atoms with Crippen molar-refractivity contribution in [3.05, 3.63) is 46.8 Å². The van der Waals surface area contributed by atoms with E-state index in [0.29, 0.717) is 11.4 Å². The molecule has 5 nitrogen and oxygen atoms in total. The molecule has 1 aromatic carbocycles. The van der Waals surface area contributed by atoms with Gasteiger partial charge in [0.1, 0.15) is 10.6 Å². The molecule has 1 aliphatic heterocycles. The molecule has 3 heterocycles. The fourth-order valence-electron chi connectivity index (χ4n) is 3.31. The van der Waals surface area contributed by atoms with Crippen molar-refractivity contribution >= 4 is 45.0 Å². The van der Waals surface area contributed by atoms with Crippen LogP contribution in [0.2, 0.25) is 0 Å². The number of aromatic nitrogens is 2. The number of amides is 1. The van der Waals surface area contributed by atoms with Gasteiger partial charge in [-0.15, -0.1) is 11.3 Å². The van der Waals surface area contributed by atoms with Crippen LogP contribution in [0.3, 0.4) is 0 Å². The summed E-state index contributed by atoms with van der Waals surface area (Å²) in [5, 5.41) is 4.79. The smallest absolute Gasteiger partial charge is 0.261 e. The Balaban J connectivity index is 1.53. The van der Waals surface area contributed by atoms with Gasteiger partial charge in [-0.1, -0.05) is 42.1 Å². The molecule has 3 aromatic rings. The van der Waals surface area contributed by atoms with E-state index in [1.165, 1.54) is 29.7 Å². The van der Waals surface area contributed by atoms with Crippen molar-refractivity contribution in [2.75, 3.05) is 30.8 Å². The molecule has 1 amide bonds. The van der Waals surface area contributed by atoms with Gasteiger partial charge in [0.15, 0.2) is 5.16 Å². The number of carbonyl (C=O) groups excluding carboxylic acids is 1.